The zero-order valence-corrected chi connectivity index (χ0v) is 6.68. The fourth-order valence-corrected chi connectivity index (χ4v) is 0.631. The van der Waals surface area contributed by atoms with E-state index in [1.54, 1.807) is 0 Å². The Morgan fingerprint density at radius 1 is 1.40 bits per heavy atom. The van der Waals surface area contributed by atoms with Gasteiger partial charge in [-0.25, -0.2) is 0 Å². The van der Waals surface area contributed by atoms with Gasteiger partial charge >= 0.3 is 0 Å². The van der Waals surface area contributed by atoms with E-state index in [0.717, 1.165) is 6.42 Å². The van der Waals surface area contributed by atoms with Crippen molar-refractivity contribution in [2.24, 2.45) is 0 Å². The van der Waals surface area contributed by atoms with Crippen LogP contribution in [0.5, 0.6) is 0 Å². The fraction of sp³-hybridized carbons (Fsp3) is 0.556. The fourth-order valence-electron chi connectivity index (χ4n) is 0.631. The second kappa shape index (κ2) is 8.28. The molecule has 0 radical (unpaired) electrons. The zero-order chi connectivity index (χ0) is 7.66. The summed E-state index contributed by atoms with van der Waals surface area (Å²) in [6.07, 6.45) is 9.32. The molecule has 0 atom stereocenters. The Bertz CT molecular complexity index is 94.9. The van der Waals surface area contributed by atoms with Crippen LogP contribution in [0.15, 0.2) is 25.0 Å². The molecule has 1 heteroatoms. The Morgan fingerprint density at radius 3 is 2.80 bits per heavy atom. The largest absolute Gasteiger partial charge is 0.498 e. The van der Waals surface area contributed by atoms with Gasteiger partial charge in [0.2, 0.25) is 0 Å². The monoisotopic (exact) mass is 140 g/mol. The summed E-state index contributed by atoms with van der Waals surface area (Å²) in [4.78, 5) is 0. The van der Waals surface area contributed by atoms with Crippen LogP contribution in [0.4, 0.5) is 0 Å². The highest BCUT2D eigenvalue weighted by Gasteiger charge is 1.76. The van der Waals surface area contributed by atoms with Crippen molar-refractivity contribution in [2.45, 2.75) is 26.2 Å². The van der Waals surface area contributed by atoms with Crippen molar-refractivity contribution in [1.82, 2.24) is 0 Å². The molecule has 0 saturated carbocycles. The second-order valence-electron chi connectivity index (χ2n) is 2.11. The van der Waals surface area contributed by atoms with Crippen LogP contribution in [0.25, 0.3) is 0 Å². The molecule has 0 saturated heterocycles. The zero-order valence-electron chi connectivity index (χ0n) is 6.68. The van der Waals surface area contributed by atoms with Crippen LogP contribution in [-0.2, 0) is 4.74 Å². The maximum Gasteiger partial charge on any atom is 0.105 e. The summed E-state index contributed by atoms with van der Waals surface area (Å²) in [6.45, 7) is 6.29. The van der Waals surface area contributed by atoms with E-state index in [0.29, 0.717) is 6.61 Å². The average molecular weight is 140 g/mol. The molecule has 10 heavy (non-hydrogen) atoms. The SMILES string of the molecule is C=COCC=CCCCC. The lowest BCUT2D eigenvalue weighted by atomic mass is 10.2. The third-order valence-corrected chi connectivity index (χ3v) is 1.20. The standard InChI is InChI=1S/C9H16O/c1-3-5-6-7-8-9-10-4-2/h4,7-8H,2-3,5-6,9H2,1H3. The van der Waals surface area contributed by atoms with Crippen LogP contribution in [0.2, 0.25) is 0 Å². The first-order valence-electron chi connectivity index (χ1n) is 3.79. The van der Waals surface area contributed by atoms with E-state index < -0.39 is 0 Å². The maximum absolute atomic E-state index is 4.89. The normalized spacial score (nSPS) is 10.1. The van der Waals surface area contributed by atoms with Crippen LogP contribution in [0, 0.1) is 0 Å². The van der Waals surface area contributed by atoms with Gasteiger partial charge < -0.3 is 4.74 Å². The highest BCUT2D eigenvalue weighted by molar-refractivity contribution is 4.81. The molecule has 0 aromatic heterocycles. The molecule has 58 valence electrons. The lowest BCUT2D eigenvalue weighted by Gasteiger charge is -1.91. The molecule has 0 aromatic rings. The van der Waals surface area contributed by atoms with E-state index in [-0.39, 0.29) is 0 Å². The van der Waals surface area contributed by atoms with E-state index in [2.05, 4.69) is 19.6 Å². The Morgan fingerprint density at radius 2 is 2.20 bits per heavy atom. The van der Waals surface area contributed by atoms with Crippen LogP contribution >= 0.6 is 0 Å². The molecule has 0 unspecified atom stereocenters. The van der Waals surface area contributed by atoms with Crippen LogP contribution in [0.3, 0.4) is 0 Å². The molecule has 0 fully saturated rings. The first kappa shape index (κ1) is 9.28. The molecule has 0 aliphatic carbocycles. The predicted molar refractivity (Wildman–Crippen MR) is 44.8 cm³/mol. The number of allylic oxidation sites excluding steroid dienone is 1. The highest BCUT2D eigenvalue weighted by atomic mass is 16.5. The minimum Gasteiger partial charge on any atom is -0.498 e. The summed E-state index contributed by atoms with van der Waals surface area (Å²) in [6, 6.07) is 0. The minimum atomic E-state index is 0.660. The van der Waals surface area contributed by atoms with E-state index in [9.17, 15) is 0 Å². The Labute approximate surface area is 63.4 Å². The van der Waals surface area contributed by atoms with Gasteiger partial charge in [0.25, 0.3) is 0 Å². The molecule has 0 rings (SSSR count). The van der Waals surface area contributed by atoms with Gasteiger partial charge in [0.05, 0.1) is 6.26 Å². The first-order chi connectivity index (χ1) is 4.91. The highest BCUT2D eigenvalue weighted by Crippen LogP contribution is 1.94. The number of ether oxygens (including phenoxy) is 1. The summed E-state index contributed by atoms with van der Waals surface area (Å²) >= 11 is 0. The van der Waals surface area contributed by atoms with Gasteiger partial charge in [-0.3, -0.25) is 0 Å². The first-order valence-corrected chi connectivity index (χ1v) is 3.79. The molecule has 0 bridgehead atoms. The molecular weight excluding hydrogens is 124 g/mol. The predicted octanol–water partition coefficient (Wildman–Crippen LogP) is 2.89. The molecule has 1 nitrogen and oxygen atoms in total. The van der Waals surface area contributed by atoms with Crippen molar-refractivity contribution in [3.05, 3.63) is 25.0 Å². The lowest BCUT2D eigenvalue weighted by molar-refractivity contribution is 0.291. The van der Waals surface area contributed by atoms with Gasteiger partial charge in [0.15, 0.2) is 0 Å². The van der Waals surface area contributed by atoms with Crippen molar-refractivity contribution in [1.29, 1.82) is 0 Å². The summed E-state index contributed by atoms with van der Waals surface area (Å²) in [5, 5.41) is 0. The molecule has 0 aliphatic rings. The molecular formula is C9H16O. The number of hydrogen-bond donors (Lipinski definition) is 0. The Kier molecular flexibility index (Phi) is 7.68. The van der Waals surface area contributed by atoms with Crippen molar-refractivity contribution in [3.63, 3.8) is 0 Å². The number of rotatable bonds is 6. The van der Waals surface area contributed by atoms with Gasteiger partial charge in [-0.05, 0) is 6.42 Å². The van der Waals surface area contributed by atoms with Crippen molar-refractivity contribution >= 4 is 0 Å². The van der Waals surface area contributed by atoms with Gasteiger partial charge in [-0.15, -0.1) is 0 Å². The smallest absolute Gasteiger partial charge is 0.105 e. The topological polar surface area (TPSA) is 9.23 Å². The molecule has 0 spiro atoms. The third kappa shape index (κ3) is 7.28. The van der Waals surface area contributed by atoms with E-state index in [4.69, 9.17) is 4.74 Å². The van der Waals surface area contributed by atoms with E-state index in [1.807, 2.05) is 6.08 Å². The molecule has 0 aliphatic heterocycles. The quantitative estimate of drug-likeness (QED) is 0.313. The van der Waals surface area contributed by atoms with Crippen molar-refractivity contribution < 1.29 is 4.74 Å². The minimum absolute atomic E-state index is 0.660. The molecule has 0 N–H and O–H groups in total. The van der Waals surface area contributed by atoms with Crippen LogP contribution < -0.4 is 0 Å². The average Bonchev–Trinajstić information content (AvgIpc) is 1.97. The van der Waals surface area contributed by atoms with Gasteiger partial charge in [-0.2, -0.15) is 0 Å². The van der Waals surface area contributed by atoms with E-state index in [1.165, 1.54) is 19.1 Å². The lowest BCUT2D eigenvalue weighted by Crippen LogP contribution is -1.78. The third-order valence-electron chi connectivity index (χ3n) is 1.20. The van der Waals surface area contributed by atoms with Crippen LogP contribution in [0.1, 0.15) is 26.2 Å². The Balaban J connectivity index is 2.96. The number of unbranched alkanes of at least 4 members (excludes halogenated alkanes) is 2. The van der Waals surface area contributed by atoms with Gasteiger partial charge in [0.1, 0.15) is 6.61 Å². The number of hydrogen-bond acceptors (Lipinski definition) is 1. The van der Waals surface area contributed by atoms with Crippen molar-refractivity contribution in [3.8, 4) is 0 Å². The summed E-state index contributed by atoms with van der Waals surface area (Å²) in [7, 11) is 0. The summed E-state index contributed by atoms with van der Waals surface area (Å²) < 4.78 is 4.89. The summed E-state index contributed by atoms with van der Waals surface area (Å²) in [5.74, 6) is 0. The van der Waals surface area contributed by atoms with Gasteiger partial charge in [-0.1, -0.05) is 38.5 Å². The summed E-state index contributed by atoms with van der Waals surface area (Å²) in [5.41, 5.74) is 0. The molecule has 0 heterocycles. The van der Waals surface area contributed by atoms with E-state index >= 15 is 0 Å². The molecule has 0 aromatic carbocycles. The van der Waals surface area contributed by atoms with Crippen LogP contribution in [-0.4, -0.2) is 6.61 Å². The van der Waals surface area contributed by atoms with Crippen molar-refractivity contribution in [2.75, 3.05) is 6.61 Å². The van der Waals surface area contributed by atoms with Gasteiger partial charge in [0, 0.05) is 0 Å². The second-order valence-corrected chi connectivity index (χ2v) is 2.11. The maximum atomic E-state index is 4.89. The Hall–Kier alpha value is -0.720. The molecule has 0 amide bonds.